The van der Waals surface area contributed by atoms with Gasteiger partial charge in [-0.1, -0.05) is 35.9 Å². The van der Waals surface area contributed by atoms with Crippen molar-refractivity contribution < 1.29 is 14.3 Å². The summed E-state index contributed by atoms with van der Waals surface area (Å²) < 4.78 is 10.4. The number of esters is 1. The molecule has 0 radical (unpaired) electrons. The number of hydrogen-bond donors (Lipinski definition) is 0. The van der Waals surface area contributed by atoms with E-state index in [1.165, 1.54) is 7.11 Å². The molecule has 0 aliphatic carbocycles. The van der Waals surface area contributed by atoms with Gasteiger partial charge in [-0.15, -0.1) is 0 Å². The quantitative estimate of drug-likeness (QED) is 0.742. The first-order chi connectivity index (χ1) is 10.8. The molecule has 23 heavy (non-hydrogen) atoms. The first-order valence-corrected chi connectivity index (χ1v) is 7.79. The number of ether oxygens (including phenoxy) is 2. The smallest absolute Gasteiger partial charge is 0.331 e. The Morgan fingerprint density at radius 3 is 2.30 bits per heavy atom. The fraction of sp³-hybridized carbons (Fsp3) is 0.316. The van der Waals surface area contributed by atoms with Crippen molar-refractivity contribution in [1.29, 1.82) is 0 Å². The Balaban J connectivity index is 2.32. The average Bonchev–Trinajstić information content (AvgIpc) is 2.54. The molecule has 0 fully saturated rings. The number of hydrogen-bond acceptors (Lipinski definition) is 3. The molecule has 0 aliphatic rings. The molecule has 4 heteroatoms. The molecule has 3 nitrogen and oxygen atoms in total. The van der Waals surface area contributed by atoms with Gasteiger partial charge in [0.05, 0.1) is 12.7 Å². The van der Waals surface area contributed by atoms with Gasteiger partial charge in [0.2, 0.25) is 0 Å². The van der Waals surface area contributed by atoms with Crippen LogP contribution in [0.5, 0.6) is 0 Å². The molecule has 0 N–H and O–H groups in total. The highest BCUT2D eigenvalue weighted by molar-refractivity contribution is 6.30. The van der Waals surface area contributed by atoms with Crippen LogP contribution in [-0.4, -0.2) is 19.7 Å². The molecule has 0 spiro atoms. The molecule has 0 bridgehead atoms. The topological polar surface area (TPSA) is 35.5 Å². The highest BCUT2D eigenvalue weighted by Crippen LogP contribution is 2.32. The van der Waals surface area contributed by atoms with E-state index in [0.29, 0.717) is 5.02 Å². The molecule has 2 rings (SSSR count). The van der Waals surface area contributed by atoms with E-state index in [9.17, 15) is 4.79 Å². The number of benzene rings is 2. The van der Waals surface area contributed by atoms with Gasteiger partial charge >= 0.3 is 5.97 Å². The molecule has 0 aliphatic heterocycles. The molecule has 0 unspecified atom stereocenters. The normalized spacial score (nSPS) is 11.3. The Labute approximate surface area is 142 Å². The summed E-state index contributed by atoms with van der Waals surface area (Å²) in [5, 5.41) is 0.711. The van der Waals surface area contributed by atoms with Crippen LogP contribution in [0, 0.1) is 6.92 Å². The third-order valence-corrected chi connectivity index (χ3v) is 4.09. The summed E-state index contributed by atoms with van der Waals surface area (Å²) in [5.41, 5.74) is 3.71. The van der Waals surface area contributed by atoms with E-state index in [4.69, 9.17) is 16.3 Å². The van der Waals surface area contributed by atoms with Crippen LogP contribution >= 0.6 is 11.6 Å². The van der Waals surface area contributed by atoms with Crippen molar-refractivity contribution in [3.8, 4) is 11.1 Å². The van der Waals surface area contributed by atoms with Crippen LogP contribution in [0.3, 0.4) is 0 Å². The van der Waals surface area contributed by atoms with E-state index in [1.54, 1.807) is 0 Å². The number of carbonyl (C=O) groups excluding carboxylic acids is 1. The largest absolute Gasteiger partial charge is 0.467 e. The highest BCUT2D eigenvalue weighted by atomic mass is 35.5. The van der Waals surface area contributed by atoms with E-state index < -0.39 is 5.60 Å². The lowest BCUT2D eigenvalue weighted by molar-refractivity contribution is -0.152. The fourth-order valence-corrected chi connectivity index (χ4v) is 2.59. The molecule has 0 saturated heterocycles. The Bertz CT molecular complexity index is 690. The second-order valence-corrected chi connectivity index (χ2v) is 6.35. The minimum atomic E-state index is -0.597. The second-order valence-electron chi connectivity index (χ2n) is 5.91. The molecule has 0 saturated carbocycles. The zero-order chi connectivity index (χ0) is 17.0. The third-order valence-electron chi connectivity index (χ3n) is 3.84. The van der Waals surface area contributed by atoms with Crippen molar-refractivity contribution in [3.05, 3.63) is 58.6 Å². The van der Waals surface area contributed by atoms with E-state index >= 15 is 0 Å². The third kappa shape index (κ3) is 4.34. The zero-order valence-electron chi connectivity index (χ0n) is 13.9. The Kier molecular flexibility index (Phi) is 5.45. The molecular weight excluding hydrogens is 312 g/mol. The minimum Gasteiger partial charge on any atom is -0.467 e. The lowest BCUT2D eigenvalue weighted by Crippen LogP contribution is -2.26. The molecule has 2 aromatic rings. The summed E-state index contributed by atoms with van der Waals surface area (Å²) in [6.07, 6.45) is 0. The minimum absolute atomic E-state index is 0.0753. The summed E-state index contributed by atoms with van der Waals surface area (Å²) in [6.45, 7) is 5.85. The lowest BCUT2D eigenvalue weighted by Gasteiger charge is -2.27. The van der Waals surface area contributed by atoms with Crippen molar-refractivity contribution in [2.45, 2.75) is 26.4 Å². The maximum absolute atomic E-state index is 11.3. The molecule has 2 aromatic carbocycles. The SMILES string of the molecule is COC(=O)COC(C)(C)c1cc(-c2ccc(Cl)cc2)ccc1C. The Hall–Kier alpha value is -1.84. The van der Waals surface area contributed by atoms with E-state index in [-0.39, 0.29) is 12.6 Å². The van der Waals surface area contributed by atoms with Gasteiger partial charge in [-0.25, -0.2) is 4.79 Å². The van der Waals surface area contributed by atoms with Gasteiger partial charge in [0.15, 0.2) is 0 Å². The predicted octanol–water partition coefficient (Wildman–Crippen LogP) is 4.74. The number of rotatable bonds is 5. The van der Waals surface area contributed by atoms with Gasteiger partial charge in [0, 0.05) is 5.02 Å². The van der Waals surface area contributed by atoms with Gasteiger partial charge in [0.1, 0.15) is 6.61 Å². The first-order valence-electron chi connectivity index (χ1n) is 7.41. The number of carbonyl (C=O) groups is 1. The molecule has 0 amide bonds. The van der Waals surface area contributed by atoms with E-state index in [2.05, 4.69) is 22.9 Å². The Morgan fingerprint density at radius 1 is 1.09 bits per heavy atom. The van der Waals surface area contributed by atoms with Crippen molar-refractivity contribution in [2.75, 3.05) is 13.7 Å². The second kappa shape index (κ2) is 7.16. The molecule has 122 valence electrons. The van der Waals surface area contributed by atoms with Crippen LogP contribution in [-0.2, 0) is 19.9 Å². The maximum atomic E-state index is 11.3. The maximum Gasteiger partial charge on any atom is 0.331 e. The van der Waals surface area contributed by atoms with Crippen LogP contribution in [0.15, 0.2) is 42.5 Å². The van der Waals surface area contributed by atoms with E-state index in [1.807, 2.05) is 45.0 Å². The van der Waals surface area contributed by atoms with Gasteiger partial charge in [-0.05, 0) is 61.2 Å². The van der Waals surface area contributed by atoms with Crippen molar-refractivity contribution in [2.24, 2.45) is 0 Å². The molecule has 0 atom stereocenters. The lowest BCUT2D eigenvalue weighted by atomic mass is 9.90. The van der Waals surface area contributed by atoms with Crippen molar-refractivity contribution in [1.82, 2.24) is 0 Å². The molecular formula is C19H21ClO3. The van der Waals surface area contributed by atoms with Crippen LogP contribution in [0.25, 0.3) is 11.1 Å². The number of aryl methyl sites for hydroxylation is 1. The molecule has 0 heterocycles. The summed E-state index contributed by atoms with van der Waals surface area (Å²) >= 11 is 5.95. The molecule has 0 aromatic heterocycles. The Morgan fingerprint density at radius 2 is 1.70 bits per heavy atom. The highest BCUT2D eigenvalue weighted by Gasteiger charge is 2.25. The van der Waals surface area contributed by atoms with Crippen molar-refractivity contribution >= 4 is 17.6 Å². The standard InChI is InChI=1S/C19H21ClO3/c1-13-5-6-15(14-7-9-16(20)10-8-14)11-17(13)19(2,3)23-12-18(21)22-4/h5-11H,12H2,1-4H3. The van der Waals surface area contributed by atoms with Gasteiger partial charge in [0.25, 0.3) is 0 Å². The summed E-state index contributed by atoms with van der Waals surface area (Å²) in [7, 11) is 1.35. The van der Waals surface area contributed by atoms with Gasteiger partial charge in [-0.2, -0.15) is 0 Å². The predicted molar refractivity (Wildman–Crippen MR) is 92.6 cm³/mol. The van der Waals surface area contributed by atoms with Crippen LogP contribution in [0.2, 0.25) is 5.02 Å². The summed E-state index contributed by atoms with van der Waals surface area (Å²) in [5.74, 6) is -0.385. The van der Waals surface area contributed by atoms with Crippen LogP contribution < -0.4 is 0 Å². The summed E-state index contributed by atoms with van der Waals surface area (Å²) in [6, 6.07) is 13.9. The van der Waals surface area contributed by atoms with Gasteiger partial charge < -0.3 is 9.47 Å². The number of methoxy groups -OCH3 is 1. The van der Waals surface area contributed by atoms with E-state index in [0.717, 1.165) is 22.3 Å². The monoisotopic (exact) mass is 332 g/mol. The zero-order valence-corrected chi connectivity index (χ0v) is 14.6. The van der Waals surface area contributed by atoms with Gasteiger partial charge in [-0.3, -0.25) is 0 Å². The first kappa shape index (κ1) is 17.5. The van der Waals surface area contributed by atoms with Crippen LogP contribution in [0.4, 0.5) is 0 Å². The average molecular weight is 333 g/mol. The number of halogens is 1. The summed E-state index contributed by atoms with van der Waals surface area (Å²) in [4.78, 5) is 11.3. The van der Waals surface area contributed by atoms with Crippen molar-refractivity contribution in [3.63, 3.8) is 0 Å². The fourth-order valence-electron chi connectivity index (χ4n) is 2.47. The van der Waals surface area contributed by atoms with Crippen LogP contribution in [0.1, 0.15) is 25.0 Å².